The number of methoxy groups -OCH3 is 1. The maximum Gasteiger partial charge on any atom is 0.146 e. The van der Waals surface area contributed by atoms with E-state index in [1.54, 1.807) is 19.4 Å². The van der Waals surface area contributed by atoms with Gasteiger partial charge >= 0.3 is 0 Å². The number of nitrogens with zero attached hydrogens (tertiary/aromatic N) is 3. The predicted octanol–water partition coefficient (Wildman–Crippen LogP) is 3.95. The van der Waals surface area contributed by atoms with Crippen molar-refractivity contribution >= 4 is 11.6 Å². The van der Waals surface area contributed by atoms with Gasteiger partial charge in [0.1, 0.15) is 36.1 Å². The van der Waals surface area contributed by atoms with Gasteiger partial charge in [0.2, 0.25) is 0 Å². The molecule has 0 bridgehead atoms. The molecule has 8 heteroatoms. The van der Waals surface area contributed by atoms with E-state index in [2.05, 4.69) is 22.0 Å². The first-order valence-corrected chi connectivity index (χ1v) is 11.3. The van der Waals surface area contributed by atoms with Gasteiger partial charge in [0.05, 0.1) is 13.2 Å². The van der Waals surface area contributed by atoms with E-state index in [0.29, 0.717) is 38.0 Å². The quantitative estimate of drug-likeness (QED) is 0.471. The third-order valence-corrected chi connectivity index (χ3v) is 6.01. The largest absolute Gasteiger partial charge is 0.490 e. The summed E-state index contributed by atoms with van der Waals surface area (Å²) in [6.07, 6.45) is 3.68. The number of aromatic nitrogens is 2. The van der Waals surface area contributed by atoms with Crippen molar-refractivity contribution in [3.05, 3.63) is 77.3 Å². The molecule has 0 aliphatic carbocycles. The van der Waals surface area contributed by atoms with Crippen molar-refractivity contribution in [3.8, 4) is 11.5 Å². The van der Waals surface area contributed by atoms with Crippen molar-refractivity contribution in [3.63, 3.8) is 0 Å². The highest BCUT2D eigenvalue weighted by molar-refractivity contribution is 6.30. The van der Waals surface area contributed by atoms with E-state index < -0.39 is 5.60 Å². The molecule has 1 aliphatic heterocycles. The van der Waals surface area contributed by atoms with E-state index in [0.717, 1.165) is 30.4 Å². The fourth-order valence-electron chi connectivity index (χ4n) is 3.79. The summed E-state index contributed by atoms with van der Waals surface area (Å²) < 4.78 is 25.6. The Morgan fingerprint density at radius 1 is 1.12 bits per heavy atom. The van der Waals surface area contributed by atoms with E-state index in [1.165, 1.54) is 5.56 Å². The number of benzene rings is 2. The summed E-state index contributed by atoms with van der Waals surface area (Å²) in [5.74, 6) is 2.43. The zero-order valence-corrected chi connectivity index (χ0v) is 19.8. The maximum atomic E-state index is 6.08. The molecule has 0 radical (unpaired) electrons. The van der Waals surface area contributed by atoms with Crippen LogP contribution in [-0.4, -0.2) is 60.1 Å². The first kappa shape index (κ1) is 23.6. The van der Waals surface area contributed by atoms with Gasteiger partial charge in [-0.15, -0.1) is 0 Å². The molecule has 2 heterocycles. The second-order valence-electron chi connectivity index (χ2n) is 8.28. The number of hydrogen-bond donors (Lipinski definition) is 0. The Bertz CT molecular complexity index is 1030. The fraction of sp³-hybridized carbons (Fsp3) is 0.400. The molecule has 1 aromatic heterocycles. The molecule has 0 saturated carbocycles. The predicted molar refractivity (Wildman–Crippen MR) is 127 cm³/mol. The standard InChI is InChI=1S/C25H30ClN3O4/c1-28-11-10-27-24(28)16-32-22-8-6-20(7-9-22)15-29-12-13-31-18-25(17-29,30-2)19-33-23-5-3-4-21(26)14-23/h3-11,14H,12-13,15-19H2,1-2H3/t25-/m1/s1. The molecule has 2 aromatic carbocycles. The monoisotopic (exact) mass is 471 g/mol. The first-order chi connectivity index (χ1) is 16.0. The highest BCUT2D eigenvalue weighted by Gasteiger charge is 2.36. The summed E-state index contributed by atoms with van der Waals surface area (Å²) >= 11 is 6.08. The molecule has 7 nitrogen and oxygen atoms in total. The lowest BCUT2D eigenvalue weighted by molar-refractivity contribution is -0.0925. The van der Waals surface area contributed by atoms with Gasteiger partial charge < -0.3 is 23.5 Å². The highest BCUT2D eigenvalue weighted by atomic mass is 35.5. The molecule has 0 amide bonds. The average molecular weight is 472 g/mol. The van der Waals surface area contributed by atoms with Gasteiger partial charge in [-0.05, 0) is 35.9 Å². The van der Waals surface area contributed by atoms with Crippen LogP contribution in [-0.2, 0) is 29.7 Å². The molecule has 1 saturated heterocycles. The average Bonchev–Trinajstić information content (AvgIpc) is 3.12. The second kappa shape index (κ2) is 11.0. The van der Waals surface area contributed by atoms with Crippen LogP contribution >= 0.6 is 11.6 Å². The van der Waals surface area contributed by atoms with E-state index in [9.17, 15) is 0 Å². The number of halogens is 1. The summed E-state index contributed by atoms with van der Waals surface area (Å²) in [5, 5.41) is 0.644. The SMILES string of the molecule is CO[C@@]1(COc2cccc(Cl)c2)COCCN(Cc2ccc(OCc3nccn3C)cc2)C1. The fourth-order valence-corrected chi connectivity index (χ4v) is 3.97. The molecule has 0 unspecified atom stereocenters. The second-order valence-corrected chi connectivity index (χ2v) is 8.72. The number of aryl methyl sites for hydroxylation is 1. The van der Waals surface area contributed by atoms with Gasteiger partial charge in [0.25, 0.3) is 0 Å². The summed E-state index contributed by atoms with van der Waals surface area (Å²) in [6, 6.07) is 15.6. The highest BCUT2D eigenvalue weighted by Crippen LogP contribution is 2.23. The van der Waals surface area contributed by atoms with Crippen molar-refractivity contribution < 1.29 is 18.9 Å². The lowest BCUT2D eigenvalue weighted by Crippen LogP contribution is -2.50. The van der Waals surface area contributed by atoms with Crippen molar-refractivity contribution in [2.45, 2.75) is 18.8 Å². The Morgan fingerprint density at radius 2 is 1.97 bits per heavy atom. The number of rotatable bonds is 9. The molecule has 1 fully saturated rings. The number of imidazole rings is 1. The summed E-state index contributed by atoms with van der Waals surface area (Å²) in [7, 11) is 3.67. The van der Waals surface area contributed by atoms with E-state index in [4.69, 9.17) is 30.5 Å². The van der Waals surface area contributed by atoms with Crippen molar-refractivity contribution in [2.24, 2.45) is 7.05 Å². The third-order valence-electron chi connectivity index (χ3n) is 5.78. The zero-order valence-electron chi connectivity index (χ0n) is 19.1. The van der Waals surface area contributed by atoms with Crippen LogP contribution in [0.4, 0.5) is 0 Å². The van der Waals surface area contributed by atoms with Crippen LogP contribution in [0.25, 0.3) is 0 Å². The molecule has 1 atom stereocenters. The molecule has 4 rings (SSSR count). The Labute approximate surface area is 199 Å². The van der Waals surface area contributed by atoms with Crippen LogP contribution < -0.4 is 9.47 Å². The van der Waals surface area contributed by atoms with Crippen molar-refractivity contribution in [1.82, 2.24) is 14.5 Å². The Kier molecular flexibility index (Phi) is 7.88. The van der Waals surface area contributed by atoms with Crippen molar-refractivity contribution in [2.75, 3.05) is 40.0 Å². The molecular formula is C25H30ClN3O4. The van der Waals surface area contributed by atoms with Crippen LogP contribution in [0, 0.1) is 0 Å². The van der Waals surface area contributed by atoms with Gasteiger partial charge in [-0.1, -0.05) is 29.8 Å². The van der Waals surface area contributed by atoms with E-state index >= 15 is 0 Å². The zero-order chi connectivity index (χ0) is 23.1. The number of ether oxygens (including phenoxy) is 4. The summed E-state index contributed by atoms with van der Waals surface area (Å²) in [6.45, 7) is 4.23. The Balaban J connectivity index is 1.35. The van der Waals surface area contributed by atoms with Gasteiger partial charge in [0, 0.05) is 51.2 Å². The minimum absolute atomic E-state index is 0.375. The molecule has 33 heavy (non-hydrogen) atoms. The van der Waals surface area contributed by atoms with Gasteiger partial charge in [-0.3, -0.25) is 4.90 Å². The van der Waals surface area contributed by atoms with Crippen molar-refractivity contribution in [1.29, 1.82) is 0 Å². The third kappa shape index (κ3) is 6.48. The normalized spacial score (nSPS) is 19.2. The smallest absolute Gasteiger partial charge is 0.146 e. The number of hydrogen-bond acceptors (Lipinski definition) is 6. The van der Waals surface area contributed by atoms with Gasteiger partial charge in [-0.2, -0.15) is 0 Å². The minimum atomic E-state index is -0.566. The van der Waals surface area contributed by atoms with E-state index in [1.807, 2.05) is 48.1 Å². The lowest BCUT2D eigenvalue weighted by atomic mass is 10.1. The topological polar surface area (TPSA) is 58.0 Å². The van der Waals surface area contributed by atoms with Crippen LogP contribution in [0.1, 0.15) is 11.4 Å². The van der Waals surface area contributed by atoms with Gasteiger partial charge in [0.15, 0.2) is 0 Å². The van der Waals surface area contributed by atoms with Gasteiger partial charge in [-0.25, -0.2) is 4.98 Å². The molecular weight excluding hydrogens is 442 g/mol. The van der Waals surface area contributed by atoms with E-state index in [-0.39, 0.29) is 0 Å². The van der Waals surface area contributed by atoms with Crippen LogP contribution in [0.3, 0.4) is 0 Å². The molecule has 0 N–H and O–H groups in total. The molecule has 176 valence electrons. The first-order valence-electron chi connectivity index (χ1n) is 11.0. The Hall–Kier alpha value is -2.58. The maximum absolute atomic E-state index is 6.08. The van der Waals surface area contributed by atoms with Crippen LogP contribution in [0.15, 0.2) is 60.9 Å². The summed E-state index contributed by atoms with van der Waals surface area (Å²) in [5.41, 5.74) is 0.631. The minimum Gasteiger partial charge on any atom is -0.490 e. The molecule has 0 spiro atoms. The molecule has 1 aliphatic rings. The lowest BCUT2D eigenvalue weighted by Gasteiger charge is -2.34. The Morgan fingerprint density at radius 3 is 2.70 bits per heavy atom. The molecule has 3 aromatic rings. The summed E-state index contributed by atoms with van der Waals surface area (Å²) in [4.78, 5) is 6.62. The van der Waals surface area contributed by atoms with Crippen LogP contribution in [0.2, 0.25) is 5.02 Å². The van der Waals surface area contributed by atoms with Crippen LogP contribution in [0.5, 0.6) is 11.5 Å².